The highest BCUT2D eigenvalue weighted by Gasteiger charge is 2.28. The number of ether oxygens (including phenoxy) is 2. The van der Waals surface area contributed by atoms with Crippen molar-refractivity contribution in [3.8, 4) is 0 Å². The van der Waals surface area contributed by atoms with Crippen molar-refractivity contribution in [2.24, 2.45) is 0 Å². The highest BCUT2D eigenvalue weighted by Crippen LogP contribution is 2.11. The fourth-order valence-electron chi connectivity index (χ4n) is 1.36. The minimum Gasteiger partial charge on any atom is -0.458 e. The Morgan fingerprint density at radius 2 is 1.50 bits per heavy atom. The van der Waals surface area contributed by atoms with Gasteiger partial charge in [0, 0.05) is 0 Å². The molecule has 0 aromatic carbocycles. The minimum atomic E-state index is -0.725. The number of rotatable bonds is 5. The van der Waals surface area contributed by atoms with Crippen LogP contribution in [0.15, 0.2) is 0 Å². The van der Waals surface area contributed by atoms with Crippen LogP contribution in [0.25, 0.3) is 0 Å². The molecular weight excluding hydrogens is 260 g/mol. The predicted molar refractivity (Wildman–Crippen MR) is 77.5 cm³/mol. The number of hydrogen-bond acceptors (Lipinski definition) is 5. The van der Waals surface area contributed by atoms with E-state index in [1.165, 1.54) is 0 Å². The zero-order chi connectivity index (χ0) is 16.0. The van der Waals surface area contributed by atoms with Crippen molar-refractivity contribution in [3.63, 3.8) is 0 Å². The fourth-order valence-corrected chi connectivity index (χ4v) is 1.36. The fraction of sp³-hybridized carbons (Fsp3) is 0.857. The number of carbonyl (C=O) groups excluding carboxylic acids is 2. The molecule has 0 aromatic heterocycles. The Kier molecular flexibility index (Phi) is 6.99. The summed E-state index contributed by atoms with van der Waals surface area (Å²) in [5.74, 6) is -0.460. The Bertz CT molecular complexity index is 329. The quantitative estimate of drug-likeness (QED) is 0.755. The van der Waals surface area contributed by atoms with E-state index in [1.54, 1.807) is 48.6 Å². The molecule has 0 spiro atoms. The molecule has 20 heavy (non-hydrogen) atoms. The maximum absolute atomic E-state index is 12.0. The summed E-state index contributed by atoms with van der Waals surface area (Å²) in [7, 11) is 1.78. The van der Waals surface area contributed by atoms with Gasteiger partial charge in [0.05, 0.1) is 0 Å². The second kappa shape index (κ2) is 7.47. The summed E-state index contributed by atoms with van der Waals surface area (Å²) in [5.41, 5.74) is -1.20. The monoisotopic (exact) mass is 288 g/mol. The van der Waals surface area contributed by atoms with Crippen molar-refractivity contribution >= 4 is 12.1 Å². The molecule has 6 nitrogen and oxygen atoms in total. The number of alkyl carbamates (subject to hydrolysis) is 1. The topological polar surface area (TPSA) is 76.7 Å². The Labute approximate surface area is 121 Å². The van der Waals surface area contributed by atoms with Crippen LogP contribution in [-0.4, -0.2) is 42.9 Å². The summed E-state index contributed by atoms with van der Waals surface area (Å²) in [5, 5.41) is 5.49. The third-order valence-corrected chi connectivity index (χ3v) is 2.07. The van der Waals surface area contributed by atoms with Gasteiger partial charge in [0.1, 0.15) is 17.2 Å². The first-order valence-corrected chi connectivity index (χ1v) is 6.81. The van der Waals surface area contributed by atoms with Gasteiger partial charge in [-0.3, -0.25) is 0 Å². The van der Waals surface area contributed by atoms with Crippen LogP contribution < -0.4 is 10.6 Å². The van der Waals surface area contributed by atoms with E-state index in [0.717, 1.165) is 0 Å². The summed E-state index contributed by atoms with van der Waals surface area (Å²) in [4.78, 5) is 23.8. The third kappa shape index (κ3) is 9.61. The lowest BCUT2D eigenvalue weighted by Gasteiger charge is -2.26. The molecule has 0 radical (unpaired) electrons. The Morgan fingerprint density at radius 3 is 1.90 bits per heavy atom. The van der Waals surface area contributed by atoms with Gasteiger partial charge in [-0.05, 0) is 61.6 Å². The lowest BCUT2D eigenvalue weighted by Crippen LogP contribution is -2.47. The number of esters is 1. The largest absolute Gasteiger partial charge is 0.458 e. The van der Waals surface area contributed by atoms with E-state index in [9.17, 15) is 9.59 Å². The molecule has 1 atom stereocenters. The van der Waals surface area contributed by atoms with Crippen molar-refractivity contribution in [1.29, 1.82) is 0 Å². The van der Waals surface area contributed by atoms with Crippen LogP contribution in [0.3, 0.4) is 0 Å². The Hall–Kier alpha value is -1.30. The molecule has 1 amide bonds. The van der Waals surface area contributed by atoms with E-state index < -0.39 is 29.3 Å². The molecule has 0 aromatic rings. The maximum atomic E-state index is 12.0. The molecule has 0 aliphatic heterocycles. The van der Waals surface area contributed by atoms with E-state index in [4.69, 9.17) is 9.47 Å². The molecule has 0 saturated heterocycles. The van der Waals surface area contributed by atoms with Gasteiger partial charge in [0.25, 0.3) is 0 Å². The molecule has 0 bridgehead atoms. The molecule has 0 aliphatic rings. The number of carbonyl (C=O) groups is 2. The van der Waals surface area contributed by atoms with Crippen molar-refractivity contribution in [2.75, 3.05) is 13.6 Å². The van der Waals surface area contributed by atoms with Crippen LogP contribution >= 0.6 is 0 Å². The maximum Gasteiger partial charge on any atom is 0.408 e. The second-order valence-corrected chi connectivity index (χ2v) is 6.62. The molecule has 0 saturated carbocycles. The predicted octanol–water partition coefficient (Wildman–Crippen LogP) is 1.83. The Morgan fingerprint density at radius 1 is 1.00 bits per heavy atom. The van der Waals surface area contributed by atoms with Gasteiger partial charge in [0.15, 0.2) is 0 Å². The average Bonchev–Trinajstić information content (AvgIpc) is 2.18. The standard InChI is InChI=1S/C14H28N2O4/c1-13(2,3)19-11(17)10(8-9-15-7)16-12(18)20-14(4,5)6/h10,15H,8-9H2,1-7H3,(H,16,18). The third-order valence-electron chi connectivity index (χ3n) is 2.07. The summed E-state index contributed by atoms with van der Waals surface area (Å²) in [6.45, 7) is 11.2. The van der Waals surface area contributed by atoms with Crippen molar-refractivity contribution in [3.05, 3.63) is 0 Å². The van der Waals surface area contributed by atoms with Gasteiger partial charge in [-0.15, -0.1) is 0 Å². The second-order valence-electron chi connectivity index (χ2n) is 6.62. The van der Waals surface area contributed by atoms with E-state index in [2.05, 4.69) is 10.6 Å². The van der Waals surface area contributed by atoms with Crippen LogP contribution in [0.4, 0.5) is 4.79 Å². The van der Waals surface area contributed by atoms with Crippen LogP contribution in [0.2, 0.25) is 0 Å². The lowest BCUT2D eigenvalue weighted by molar-refractivity contribution is -0.157. The molecular formula is C14H28N2O4. The molecule has 0 heterocycles. The number of hydrogen-bond donors (Lipinski definition) is 2. The lowest BCUT2D eigenvalue weighted by atomic mass is 10.1. The summed E-state index contributed by atoms with van der Waals surface area (Å²) < 4.78 is 10.4. The van der Waals surface area contributed by atoms with Gasteiger partial charge in [0.2, 0.25) is 0 Å². The van der Waals surface area contributed by atoms with Crippen molar-refractivity contribution < 1.29 is 19.1 Å². The van der Waals surface area contributed by atoms with Gasteiger partial charge in [-0.2, -0.15) is 0 Å². The first-order chi connectivity index (χ1) is 8.94. The highest BCUT2D eigenvalue weighted by molar-refractivity contribution is 5.81. The molecule has 2 N–H and O–H groups in total. The highest BCUT2D eigenvalue weighted by atomic mass is 16.6. The van der Waals surface area contributed by atoms with Crippen molar-refractivity contribution in [2.45, 2.75) is 65.2 Å². The van der Waals surface area contributed by atoms with Crippen LogP contribution in [0.5, 0.6) is 0 Å². The number of amides is 1. The molecule has 0 fully saturated rings. The first kappa shape index (κ1) is 18.7. The summed E-state index contributed by atoms with van der Waals surface area (Å²) in [6, 6.07) is -0.725. The van der Waals surface area contributed by atoms with Crippen LogP contribution in [0, 0.1) is 0 Å². The van der Waals surface area contributed by atoms with Crippen molar-refractivity contribution in [1.82, 2.24) is 10.6 Å². The van der Waals surface area contributed by atoms with Gasteiger partial charge < -0.3 is 20.1 Å². The zero-order valence-corrected chi connectivity index (χ0v) is 13.6. The molecule has 0 rings (SSSR count). The SMILES string of the molecule is CNCCC(NC(=O)OC(C)(C)C)C(=O)OC(C)(C)C. The van der Waals surface area contributed by atoms with E-state index in [-0.39, 0.29) is 0 Å². The molecule has 0 aliphatic carbocycles. The van der Waals surface area contributed by atoms with Gasteiger partial charge in [-0.1, -0.05) is 0 Å². The normalized spacial score (nSPS) is 13.6. The van der Waals surface area contributed by atoms with Crippen LogP contribution in [0.1, 0.15) is 48.0 Å². The first-order valence-electron chi connectivity index (χ1n) is 6.81. The van der Waals surface area contributed by atoms with E-state index >= 15 is 0 Å². The molecule has 6 heteroatoms. The minimum absolute atomic E-state index is 0.435. The zero-order valence-electron chi connectivity index (χ0n) is 13.6. The smallest absolute Gasteiger partial charge is 0.408 e. The Balaban J connectivity index is 4.63. The summed E-state index contributed by atoms with van der Waals surface area (Å²) >= 11 is 0. The van der Waals surface area contributed by atoms with Gasteiger partial charge in [-0.25, -0.2) is 9.59 Å². The number of nitrogens with one attached hydrogen (secondary N) is 2. The van der Waals surface area contributed by atoms with Crippen LogP contribution in [-0.2, 0) is 14.3 Å². The average molecular weight is 288 g/mol. The molecule has 118 valence electrons. The summed E-state index contributed by atoms with van der Waals surface area (Å²) in [6.07, 6.45) is -0.186. The van der Waals surface area contributed by atoms with Gasteiger partial charge >= 0.3 is 12.1 Å². The molecule has 1 unspecified atom stereocenters. The van der Waals surface area contributed by atoms with E-state index in [0.29, 0.717) is 13.0 Å². The van der Waals surface area contributed by atoms with E-state index in [1.807, 2.05) is 0 Å².